The average molecular weight is 357 g/mol. The van der Waals surface area contributed by atoms with Gasteiger partial charge in [-0.05, 0) is 18.9 Å². The van der Waals surface area contributed by atoms with Crippen LogP contribution >= 0.6 is 0 Å². The van der Waals surface area contributed by atoms with Crippen molar-refractivity contribution in [1.82, 2.24) is 15.2 Å². The summed E-state index contributed by atoms with van der Waals surface area (Å²) < 4.78 is 41.5. The summed E-state index contributed by atoms with van der Waals surface area (Å²) in [6, 6.07) is 3.36. The van der Waals surface area contributed by atoms with Crippen molar-refractivity contribution >= 4 is 11.8 Å². The highest BCUT2D eigenvalue weighted by molar-refractivity contribution is 5.89. The fourth-order valence-electron chi connectivity index (χ4n) is 2.81. The molecule has 0 aromatic carbocycles. The highest BCUT2D eigenvalue weighted by Gasteiger charge is 2.41. The fourth-order valence-corrected chi connectivity index (χ4v) is 2.81. The van der Waals surface area contributed by atoms with Crippen LogP contribution in [0.1, 0.15) is 24.8 Å². The van der Waals surface area contributed by atoms with Gasteiger partial charge in [0.15, 0.2) is 6.61 Å². The van der Waals surface area contributed by atoms with E-state index in [-0.39, 0.29) is 36.7 Å². The Morgan fingerprint density at radius 2 is 2.16 bits per heavy atom. The van der Waals surface area contributed by atoms with E-state index >= 15 is 0 Å². The molecule has 2 amide bonds. The fraction of sp³-hybridized carbons (Fsp3) is 0.562. The number of halogens is 3. The van der Waals surface area contributed by atoms with E-state index in [1.54, 1.807) is 11.0 Å². The standard InChI is InChI=1S/C16H18F3N3O3/c17-16(18,19)9-25-15-10(2-1-5-20-15)7-21-14(24)11-6-13(23)22(8-11)12-3-4-12/h1-2,5,11-12H,3-4,6-9H2,(H,21,24). The SMILES string of the molecule is O=C(NCc1cccnc1OCC(F)(F)F)C1CC(=O)N(C2CC2)C1. The molecular weight excluding hydrogens is 339 g/mol. The van der Waals surface area contributed by atoms with Gasteiger partial charge in [0.25, 0.3) is 0 Å². The minimum absolute atomic E-state index is 0.00597. The third-order valence-corrected chi connectivity index (χ3v) is 4.19. The van der Waals surface area contributed by atoms with Gasteiger partial charge in [0, 0.05) is 37.3 Å². The van der Waals surface area contributed by atoms with Crippen molar-refractivity contribution in [3.63, 3.8) is 0 Å². The lowest BCUT2D eigenvalue weighted by Crippen LogP contribution is -2.33. The molecule has 9 heteroatoms. The third-order valence-electron chi connectivity index (χ3n) is 4.19. The Hall–Kier alpha value is -2.32. The monoisotopic (exact) mass is 357 g/mol. The number of nitrogens with one attached hydrogen (secondary N) is 1. The Kier molecular flexibility index (Phi) is 4.82. The normalized spacial score (nSPS) is 20.7. The summed E-state index contributed by atoms with van der Waals surface area (Å²) in [7, 11) is 0. The maximum atomic E-state index is 12.3. The van der Waals surface area contributed by atoms with E-state index in [0.29, 0.717) is 12.1 Å². The smallest absolute Gasteiger partial charge is 0.422 e. The number of nitrogens with zero attached hydrogens (tertiary/aromatic N) is 2. The Bertz CT molecular complexity index is 662. The van der Waals surface area contributed by atoms with Crippen molar-refractivity contribution in [3.8, 4) is 5.88 Å². The molecule has 1 saturated carbocycles. The van der Waals surface area contributed by atoms with Crippen LogP contribution < -0.4 is 10.1 Å². The molecule has 0 spiro atoms. The molecule has 0 radical (unpaired) electrons. The molecule has 6 nitrogen and oxygen atoms in total. The highest BCUT2D eigenvalue weighted by Crippen LogP contribution is 2.32. The van der Waals surface area contributed by atoms with Gasteiger partial charge in [-0.2, -0.15) is 13.2 Å². The first-order valence-corrected chi connectivity index (χ1v) is 8.04. The van der Waals surface area contributed by atoms with E-state index in [2.05, 4.69) is 15.0 Å². The first-order valence-electron chi connectivity index (χ1n) is 8.04. The van der Waals surface area contributed by atoms with Crippen LogP contribution in [-0.4, -0.2) is 47.1 Å². The number of aromatic nitrogens is 1. The molecule has 2 aliphatic rings. The molecule has 1 unspecified atom stereocenters. The van der Waals surface area contributed by atoms with Gasteiger partial charge in [-0.25, -0.2) is 4.98 Å². The van der Waals surface area contributed by atoms with E-state index < -0.39 is 18.7 Å². The van der Waals surface area contributed by atoms with Crippen LogP contribution in [0.5, 0.6) is 5.88 Å². The highest BCUT2D eigenvalue weighted by atomic mass is 19.4. The molecule has 1 saturated heterocycles. The molecule has 1 aromatic rings. The zero-order valence-corrected chi connectivity index (χ0v) is 13.4. The minimum Gasteiger partial charge on any atom is -0.468 e. The quantitative estimate of drug-likeness (QED) is 0.840. The Balaban J connectivity index is 1.54. The van der Waals surface area contributed by atoms with E-state index in [0.717, 1.165) is 12.8 Å². The molecule has 3 rings (SSSR count). The molecule has 1 N–H and O–H groups in total. The summed E-state index contributed by atoms with van der Waals surface area (Å²) >= 11 is 0. The third kappa shape index (κ3) is 4.61. The van der Waals surface area contributed by atoms with E-state index in [1.807, 2.05) is 0 Å². The van der Waals surface area contributed by atoms with Crippen LogP contribution in [0.2, 0.25) is 0 Å². The number of amides is 2. The van der Waals surface area contributed by atoms with Gasteiger partial charge in [0.1, 0.15) is 0 Å². The number of rotatable bonds is 6. The van der Waals surface area contributed by atoms with E-state index in [9.17, 15) is 22.8 Å². The number of hydrogen-bond donors (Lipinski definition) is 1. The molecule has 1 aromatic heterocycles. The zero-order chi connectivity index (χ0) is 18.0. The van der Waals surface area contributed by atoms with Crippen molar-refractivity contribution in [2.45, 2.75) is 38.0 Å². The van der Waals surface area contributed by atoms with Crippen LogP contribution in [0.15, 0.2) is 18.3 Å². The molecule has 1 atom stereocenters. The summed E-state index contributed by atoms with van der Waals surface area (Å²) in [6.07, 6.45) is -1.01. The Morgan fingerprint density at radius 1 is 1.40 bits per heavy atom. The molecule has 0 bridgehead atoms. The molecule has 25 heavy (non-hydrogen) atoms. The first-order chi connectivity index (χ1) is 11.8. The predicted octanol–water partition coefficient (Wildman–Crippen LogP) is 1.65. The summed E-state index contributed by atoms with van der Waals surface area (Å²) in [5, 5.41) is 2.66. The number of pyridine rings is 1. The predicted molar refractivity (Wildman–Crippen MR) is 80.5 cm³/mol. The topological polar surface area (TPSA) is 71.5 Å². The van der Waals surface area contributed by atoms with Gasteiger partial charge in [0.2, 0.25) is 17.7 Å². The van der Waals surface area contributed by atoms with Gasteiger partial charge < -0.3 is 15.0 Å². The molecule has 1 aliphatic carbocycles. The number of carbonyl (C=O) groups excluding carboxylic acids is 2. The summed E-state index contributed by atoms with van der Waals surface area (Å²) in [4.78, 5) is 29.7. The zero-order valence-electron chi connectivity index (χ0n) is 13.4. The van der Waals surface area contributed by atoms with Crippen LogP contribution in [0.3, 0.4) is 0 Å². The van der Waals surface area contributed by atoms with Gasteiger partial charge in [-0.15, -0.1) is 0 Å². The minimum atomic E-state index is -4.46. The van der Waals surface area contributed by atoms with Gasteiger partial charge in [-0.1, -0.05) is 6.07 Å². The van der Waals surface area contributed by atoms with Crippen LogP contribution in [-0.2, 0) is 16.1 Å². The van der Waals surface area contributed by atoms with Crippen molar-refractivity contribution in [3.05, 3.63) is 23.9 Å². The second-order valence-electron chi connectivity index (χ2n) is 6.27. The molecule has 2 heterocycles. The van der Waals surface area contributed by atoms with E-state index in [4.69, 9.17) is 0 Å². The Labute approximate surface area is 142 Å². The lowest BCUT2D eigenvalue weighted by atomic mass is 10.1. The molecule has 136 valence electrons. The van der Waals surface area contributed by atoms with Crippen molar-refractivity contribution in [2.24, 2.45) is 5.92 Å². The van der Waals surface area contributed by atoms with Crippen molar-refractivity contribution in [1.29, 1.82) is 0 Å². The van der Waals surface area contributed by atoms with Crippen molar-refractivity contribution in [2.75, 3.05) is 13.2 Å². The number of alkyl halides is 3. The maximum Gasteiger partial charge on any atom is 0.422 e. The first kappa shape index (κ1) is 17.5. The van der Waals surface area contributed by atoms with Crippen molar-refractivity contribution < 1.29 is 27.5 Å². The van der Waals surface area contributed by atoms with Crippen LogP contribution in [0.25, 0.3) is 0 Å². The van der Waals surface area contributed by atoms with Crippen LogP contribution in [0, 0.1) is 5.92 Å². The number of carbonyl (C=O) groups is 2. The maximum absolute atomic E-state index is 12.3. The second kappa shape index (κ2) is 6.89. The lowest BCUT2D eigenvalue weighted by Gasteiger charge is -2.16. The largest absolute Gasteiger partial charge is 0.468 e. The number of likely N-dealkylation sites (tertiary alicyclic amines) is 1. The second-order valence-corrected chi connectivity index (χ2v) is 6.27. The number of hydrogen-bond acceptors (Lipinski definition) is 4. The molecule has 1 aliphatic heterocycles. The number of ether oxygens (including phenoxy) is 1. The summed E-state index contributed by atoms with van der Waals surface area (Å²) in [6.45, 7) is -1.05. The van der Waals surface area contributed by atoms with Crippen LogP contribution in [0.4, 0.5) is 13.2 Å². The van der Waals surface area contributed by atoms with Gasteiger partial charge >= 0.3 is 6.18 Å². The summed E-state index contributed by atoms with van der Waals surface area (Å²) in [5.41, 5.74) is 0.350. The van der Waals surface area contributed by atoms with E-state index in [1.165, 1.54) is 12.3 Å². The lowest BCUT2D eigenvalue weighted by molar-refractivity contribution is -0.154. The molecule has 2 fully saturated rings. The van der Waals surface area contributed by atoms with Gasteiger partial charge in [0.05, 0.1) is 5.92 Å². The summed E-state index contributed by atoms with van der Waals surface area (Å²) in [5.74, 6) is -0.896. The molecular formula is C16H18F3N3O3. The average Bonchev–Trinajstić information content (AvgIpc) is 3.33. The Morgan fingerprint density at radius 3 is 2.84 bits per heavy atom. The van der Waals surface area contributed by atoms with Gasteiger partial charge in [-0.3, -0.25) is 9.59 Å².